The van der Waals surface area contributed by atoms with E-state index < -0.39 is 41.0 Å². The number of ether oxygens (including phenoxy) is 3. The summed E-state index contributed by atoms with van der Waals surface area (Å²) in [6.45, 7) is 0.233. The molecule has 3 aliphatic rings. The molecular weight excluding hydrogens is 574 g/mol. The lowest BCUT2D eigenvalue weighted by molar-refractivity contribution is -0.161. The molecule has 0 radical (unpaired) electrons. The number of pyridine rings is 1. The molecule has 1 aromatic heterocycles. The van der Waals surface area contributed by atoms with Crippen molar-refractivity contribution in [3.8, 4) is 5.75 Å². The van der Waals surface area contributed by atoms with Crippen LogP contribution in [0.4, 0.5) is 8.78 Å². The third kappa shape index (κ3) is 5.25. The van der Waals surface area contributed by atoms with Crippen molar-refractivity contribution in [2.45, 2.75) is 30.5 Å². The first-order valence-electron chi connectivity index (χ1n) is 13.3. The van der Waals surface area contributed by atoms with Crippen LogP contribution in [0.15, 0.2) is 66.3 Å². The number of aliphatic hydroxyl groups is 2. The van der Waals surface area contributed by atoms with E-state index in [-0.39, 0.29) is 54.2 Å². The zero-order chi connectivity index (χ0) is 30.0. The van der Waals surface area contributed by atoms with Crippen molar-refractivity contribution >= 4 is 17.5 Å². The van der Waals surface area contributed by atoms with E-state index in [1.165, 1.54) is 43.8 Å². The fourth-order valence-corrected chi connectivity index (χ4v) is 5.75. The monoisotopic (exact) mass is 604 g/mol. The van der Waals surface area contributed by atoms with Crippen molar-refractivity contribution in [2.75, 3.05) is 40.7 Å². The minimum atomic E-state index is -1.44. The standard InChI is InChI=1S/C29H31ClF2N4O6/c1-40-15-10-29(11-16-41-2)9-4-14-42-27-18(6-7-20(31)22(27)32)24(23-19(30)5-3-12-33-23)36-17-34(29)28(39)25-26(38)21(37)8-13-35(25)36/h3-9,12-13,21,24,37-38H,10-11,14-17H2,1-2H3/b9-4+. The van der Waals surface area contributed by atoms with Crippen LogP contribution in [-0.2, 0) is 14.3 Å². The molecule has 3 unspecified atom stereocenters. The van der Waals surface area contributed by atoms with Gasteiger partial charge in [0.15, 0.2) is 23.0 Å². The Balaban J connectivity index is 1.82. The van der Waals surface area contributed by atoms with E-state index in [4.69, 9.17) is 25.8 Å². The highest BCUT2D eigenvalue weighted by Crippen LogP contribution is 2.45. The fraction of sp³-hybridized carbons (Fsp3) is 0.379. The lowest BCUT2D eigenvalue weighted by atomic mass is 9.87. The van der Waals surface area contributed by atoms with E-state index in [1.807, 2.05) is 0 Å². The maximum atomic E-state index is 15.4. The van der Waals surface area contributed by atoms with E-state index in [0.29, 0.717) is 12.8 Å². The number of amides is 1. The van der Waals surface area contributed by atoms with Crippen LogP contribution < -0.4 is 4.74 Å². The summed E-state index contributed by atoms with van der Waals surface area (Å²) < 4.78 is 46.7. The Kier molecular flexibility index (Phi) is 8.81. The van der Waals surface area contributed by atoms with Gasteiger partial charge in [-0.05, 0) is 43.2 Å². The zero-order valence-electron chi connectivity index (χ0n) is 23.0. The first-order chi connectivity index (χ1) is 20.2. The smallest absolute Gasteiger partial charge is 0.277 e. The fourth-order valence-electron chi connectivity index (χ4n) is 5.53. The molecular formula is C29H31ClF2N4O6. The Morgan fingerprint density at radius 1 is 1.19 bits per heavy atom. The zero-order valence-corrected chi connectivity index (χ0v) is 23.8. The molecule has 224 valence electrons. The topological polar surface area (TPSA) is 108 Å². The number of aromatic nitrogens is 1. The van der Waals surface area contributed by atoms with Gasteiger partial charge in [0.05, 0.1) is 22.9 Å². The van der Waals surface area contributed by atoms with Gasteiger partial charge in [-0.25, -0.2) is 4.39 Å². The molecule has 0 spiro atoms. The average Bonchev–Trinajstić information content (AvgIpc) is 3.00. The number of hydrogen-bond donors (Lipinski definition) is 2. The molecule has 3 atom stereocenters. The predicted octanol–water partition coefficient (Wildman–Crippen LogP) is 3.84. The summed E-state index contributed by atoms with van der Waals surface area (Å²) in [4.78, 5) is 20.3. The number of benzene rings is 1. The van der Waals surface area contributed by atoms with Gasteiger partial charge in [0.1, 0.15) is 18.8 Å². The number of fused-ring (bicyclic) bond motifs is 5. The van der Waals surface area contributed by atoms with Crippen LogP contribution in [0.3, 0.4) is 0 Å². The van der Waals surface area contributed by atoms with Gasteiger partial charge in [0.25, 0.3) is 5.91 Å². The first kappa shape index (κ1) is 29.9. The Hall–Kier alpha value is -3.55. The number of aliphatic hydroxyl groups excluding tert-OH is 2. The third-order valence-corrected chi connectivity index (χ3v) is 7.98. The molecule has 2 bridgehead atoms. The summed E-state index contributed by atoms with van der Waals surface area (Å²) >= 11 is 6.66. The van der Waals surface area contributed by atoms with Crippen molar-refractivity contribution in [3.05, 3.63) is 94.3 Å². The van der Waals surface area contributed by atoms with Gasteiger partial charge in [-0.15, -0.1) is 0 Å². The maximum Gasteiger partial charge on any atom is 0.277 e. The van der Waals surface area contributed by atoms with E-state index in [1.54, 1.807) is 34.2 Å². The molecule has 0 aliphatic carbocycles. The Morgan fingerprint density at radius 3 is 2.62 bits per heavy atom. The summed E-state index contributed by atoms with van der Waals surface area (Å²) in [5.41, 5.74) is -0.828. The Bertz CT molecular complexity index is 1430. The number of hydrogen-bond acceptors (Lipinski definition) is 9. The normalized spacial score (nSPS) is 24.0. The van der Waals surface area contributed by atoms with Gasteiger partial charge in [-0.3, -0.25) is 14.8 Å². The number of rotatable bonds is 7. The molecule has 1 saturated heterocycles. The second kappa shape index (κ2) is 12.4. The Labute approximate surface area is 246 Å². The second-order valence-corrected chi connectivity index (χ2v) is 10.4. The van der Waals surface area contributed by atoms with Crippen molar-refractivity contribution < 1.29 is 38.0 Å². The maximum absolute atomic E-state index is 15.4. The SMILES string of the molecule is COCCC1(CCOC)/C=C/COc2c(ccc(F)c2F)C(c2ncccc2Cl)N2CN1C(=O)C1=C(O)C(O)C=CN12. The second-order valence-electron chi connectivity index (χ2n) is 10.0. The van der Waals surface area contributed by atoms with Gasteiger partial charge in [-0.1, -0.05) is 23.7 Å². The van der Waals surface area contributed by atoms with Gasteiger partial charge in [0.2, 0.25) is 5.82 Å². The van der Waals surface area contributed by atoms with Crippen LogP contribution in [0.5, 0.6) is 5.75 Å². The molecule has 4 heterocycles. The molecule has 5 rings (SSSR count). The van der Waals surface area contributed by atoms with E-state index in [0.717, 1.165) is 6.07 Å². The van der Waals surface area contributed by atoms with Crippen molar-refractivity contribution in [3.63, 3.8) is 0 Å². The minimum Gasteiger partial charge on any atom is -0.507 e. The van der Waals surface area contributed by atoms with Crippen LogP contribution >= 0.6 is 11.6 Å². The van der Waals surface area contributed by atoms with Gasteiger partial charge >= 0.3 is 0 Å². The molecule has 2 aromatic rings. The quantitative estimate of drug-likeness (QED) is 0.456. The van der Waals surface area contributed by atoms with Crippen LogP contribution in [0, 0.1) is 11.6 Å². The number of hydrazine groups is 1. The molecule has 2 N–H and O–H groups in total. The third-order valence-electron chi connectivity index (χ3n) is 7.66. The highest BCUT2D eigenvalue weighted by atomic mass is 35.5. The molecule has 42 heavy (non-hydrogen) atoms. The van der Waals surface area contributed by atoms with Crippen molar-refractivity contribution in [1.82, 2.24) is 19.9 Å². The van der Waals surface area contributed by atoms with Crippen molar-refractivity contribution in [1.29, 1.82) is 0 Å². The van der Waals surface area contributed by atoms with Crippen LogP contribution in [0.25, 0.3) is 0 Å². The highest BCUT2D eigenvalue weighted by molar-refractivity contribution is 6.31. The molecule has 10 nitrogen and oxygen atoms in total. The molecule has 1 aromatic carbocycles. The summed E-state index contributed by atoms with van der Waals surface area (Å²) in [7, 11) is 3.08. The summed E-state index contributed by atoms with van der Waals surface area (Å²) in [5, 5.41) is 24.8. The van der Waals surface area contributed by atoms with E-state index in [2.05, 4.69) is 4.98 Å². The Morgan fingerprint density at radius 2 is 1.93 bits per heavy atom. The first-order valence-corrected chi connectivity index (χ1v) is 13.7. The molecule has 3 aliphatic heterocycles. The summed E-state index contributed by atoms with van der Waals surface area (Å²) in [6.07, 6.45) is 6.82. The van der Waals surface area contributed by atoms with E-state index >= 15 is 4.39 Å². The number of halogens is 3. The summed E-state index contributed by atoms with van der Waals surface area (Å²) in [5.74, 6) is -3.80. The molecule has 0 saturated carbocycles. The van der Waals surface area contributed by atoms with E-state index in [9.17, 15) is 19.4 Å². The lowest BCUT2D eigenvalue weighted by Crippen LogP contribution is -2.65. The van der Waals surface area contributed by atoms with Gasteiger partial charge < -0.3 is 29.3 Å². The van der Waals surface area contributed by atoms with Crippen LogP contribution in [0.2, 0.25) is 5.02 Å². The predicted molar refractivity (Wildman–Crippen MR) is 148 cm³/mol. The van der Waals surface area contributed by atoms with Crippen LogP contribution in [0.1, 0.15) is 30.1 Å². The van der Waals surface area contributed by atoms with Gasteiger partial charge in [-0.2, -0.15) is 9.40 Å². The number of carbonyl (C=O) groups is 1. The number of nitrogens with zero attached hydrogens (tertiary/aromatic N) is 4. The highest BCUT2D eigenvalue weighted by Gasteiger charge is 2.50. The minimum absolute atomic E-state index is 0.121. The lowest BCUT2D eigenvalue weighted by Gasteiger charge is -2.53. The number of methoxy groups -OCH3 is 2. The molecule has 1 fully saturated rings. The molecule has 13 heteroatoms. The average molecular weight is 605 g/mol. The summed E-state index contributed by atoms with van der Waals surface area (Å²) in [6, 6.07) is 4.54. The van der Waals surface area contributed by atoms with Gasteiger partial charge in [0, 0.05) is 45.4 Å². The molecule has 1 amide bonds. The number of carbonyl (C=O) groups excluding carboxylic acids is 1. The van der Waals surface area contributed by atoms with Crippen molar-refractivity contribution in [2.24, 2.45) is 0 Å². The largest absolute Gasteiger partial charge is 0.507 e. The van der Waals surface area contributed by atoms with Crippen LogP contribution in [-0.4, -0.2) is 88.4 Å².